The summed E-state index contributed by atoms with van der Waals surface area (Å²) in [4.78, 5) is 43.3. The lowest BCUT2D eigenvalue weighted by molar-refractivity contribution is -0.148. The molecule has 2 aromatic heterocycles. The first-order chi connectivity index (χ1) is 58.6. The van der Waals surface area contributed by atoms with Crippen molar-refractivity contribution in [2.75, 3.05) is 50.5 Å². The number of hydrazone groups is 2. The van der Waals surface area contributed by atoms with Gasteiger partial charge < -0.3 is 28.4 Å². The molecule has 22 heteroatoms. The second-order valence-electron chi connectivity index (χ2n) is 27.3. The van der Waals surface area contributed by atoms with Crippen LogP contribution in [0, 0.1) is 29.3 Å². The molecule has 0 radical (unpaired) electrons. The molecule has 0 aliphatic rings. The molecule has 2 heterocycles. The molecule has 0 fully saturated rings. The third-order valence-electron chi connectivity index (χ3n) is 19.1. The topological polar surface area (TPSA) is 181 Å². The van der Waals surface area contributed by atoms with Crippen LogP contribution < -0.4 is 25.1 Å². The molecule has 0 spiro atoms. The van der Waals surface area contributed by atoms with Crippen molar-refractivity contribution in [2.24, 2.45) is 10.2 Å². The number of anilines is 2. The van der Waals surface area contributed by atoms with Gasteiger partial charge in [0.1, 0.15) is 54.5 Å². The molecule has 604 valence electrons. The Kier molecular flexibility index (Phi) is 29.3. The maximum Gasteiger partial charge on any atom is 0.330 e. The summed E-state index contributed by atoms with van der Waals surface area (Å²) in [6.45, 7) is 8.63. The molecule has 12 aromatic carbocycles. The fourth-order valence-corrected chi connectivity index (χ4v) is 14.2. The van der Waals surface area contributed by atoms with Crippen LogP contribution in [0.5, 0.6) is 17.2 Å². The minimum Gasteiger partial charge on any atom is -0.494 e. The van der Waals surface area contributed by atoms with Gasteiger partial charge in [0.05, 0.1) is 60.1 Å². The van der Waals surface area contributed by atoms with Gasteiger partial charge in [-0.05, 0) is 178 Å². The zero-order chi connectivity index (χ0) is 83.5. The van der Waals surface area contributed by atoms with E-state index in [1.807, 2.05) is 115 Å². The molecule has 0 aliphatic heterocycles. The Morgan fingerprint density at radius 3 is 1.74 bits per heavy atom. The number of fused-ring (bicyclic) bond motifs is 3. The standard InChI is InChI=1S/C51H43F2N3O6S.C47H38F3N3O3S/c1-3-5-8-28-59-40-21-15-35(16-22-40)37-18-23-41(38(32-37)33-54-56-51-55-45-9-6-7-10-46(45)63-51)42-25-26-43-44(50(42)53)24-17-36(49(43)52)14-11-34-12-19-39(20-13-34)60-30-31-62-48(58)27-29-61-47(57)4-2;1-2-44(54)56-26-6-5-25-55-41-22-19-36(20-23-41)46(50)45(49)35-16-11-33(12-17-35)32-9-14-34(15-10-32)42-24-21-40(48)28-39(42)29-51-53-47-52-43(30-57-47)38-18-13-31-7-3-4-8-37(31)27-38/h4,6-7,9-10,12-13,15-26,32-33H,2-3,5,8,27-31H2,1H3,(H,55,56);3-4,7-24,27-30H,2,5-6,25-26H2,1H3,(H,52,53)/b54-33+;46-45+,51-29+. The Balaban J connectivity index is 0.000000208. The van der Waals surface area contributed by atoms with Crippen molar-refractivity contribution in [3.05, 3.63) is 318 Å². The molecular formula is C98H81F5N6O9S2. The van der Waals surface area contributed by atoms with Gasteiger partial charge in [0, 0.05) is 67.6 Å². The fraction of sp³-hybridized carbons (Fsp3) is 0.153. The molecule has 0 saturated heterocycles. The predicted octanol–water partition coefficient (Wildman–Crippen LogP) is 24.3. The van der Waals surface area contributed by atoms with E-state index >= 15 is 17.6 Å². The zero-order valence-corrected chi connectivity index (χ0v) is 67.2. The van der Waals surface area contributed by atoms with Gasteiger partial charge in [0.25, 0.3) is 0 Å². The van der Waals surface area contributed by atoms with Crippen LogP contribution >= 0.6 is 22.7 Å². The Bertz CT molecular complexity index is 6070. The minimum atomic E-state index is -0.970. The van der Waals surface area contributed by atoms with E-state index in [0.29, 0.717) is 83.1 Å². The predicted molar refractivity (Wildman–Crippen MR) is 470 cm³/mol. The highest BCUT2D eigenvalue weighted by Crippen LogP contribution is 2.38. The Morgan fingerprint density at radius 1 is 0.475 bits per heavy atom. The first-order valence-electron chi connectivity index (χ1n) is 39.0. The summed E-state index contributed by atoms with van der Waals surface area (Å²) in [5.41, 5.74) is 16.9. The highest BCUT2D eigenvalue weighted by Gasteiger charge is 2.20. The number of aromatic nitrogens is 2. The van der Waals surface area contributed by atoms with Crippen LogP contribution in [0.3, 0.4) is 0 Å². The van der Waals surface area contributed by atoms with Gasteiger partial charge in [0.2, 0.25) is 10.3 Å². The first-order valence-corrected chi connectivity index (χ1v) is 40.6. The third-order valence-corrected chi connectivity index (χ3v) is 20.7. The smallest absolute Gasteiger partial charge is 0.330 e. The van der Waals surface area contributed by atoms with E-state index < -0.39 is 35.2 Å². The number of unbranched alkanes of at least 4 members (excludes halogenated alkanes) is 3. The summed E-state index contributed by atoms with van der Waals surface area (Å²) in [7, 11) is 0. The molecule has 0 aliphatic carbocycles. The van der Waals surface area contributed by atoms with Crippen molar-refractivity contribution >= 4 is 107 Å². The molecule has 0 saturated carbocycles. The molecule has 15 nitrogen and oxygen atoms in total. The molecule has 14 rings (SSSR count). The highest BCUT2D eigenvalue weighted by molar-refractivity contribution is 7.22. The van der Waals surface area contributed by atoms with Crippen LogP contribution in [-0.2, 0) is 28.6 Å². The fourth-order valence-electron chi connectivity index (χ4n) is 12.7. The number of ether oxygens (including phenoxy) is 6. The largest absolute Gasteiger partial charge is 0.494 e. The Labute approximate surface area is 699 Å². The number of carbonyl (C=O) groups is 3. The molecule has 14 aromatic rings. The summed E-state index contributed by atoms with van der Waals surface area (Å²) < 4.78 is 110. The lowest BCUT2D eigenvalue weighted by atomic mass is 9.93. The van der Waals surface area contributed by atoms with Gasteiger partial charge in [-0.2, -0.15) is 10.2 Å². The number of nitrogens with one attached hydrogen (secondary N) is 2. The summed E-state index contributed by atoms with van der Waals surface area (Å²) in [5, 5.41) is 14.6. The van der Waals surface area contributed by atoms with Gasteiger partial charge in [-0.25, -0.2) is 36.7 Å². The van der Waals surface area contributed by atoms with Crippen LogP contribution in [0.4, 0.5) is 32.2 Å². The second kappa shape index (κ2) is 41.8. The lowest BCUT2D eigenvalue weighted by Gasteiger charge is -2.13. The number of hydrogen-bond acceptors (Lipinski definition) is 17. The van der Waals surface area contributed by atoms with E-state index in [4.69, 9.17) is 28.4 Å². The van der Waals surface area contributed by atoms with Crippen molar-refractivity contribution in [1.29, 1.82) is 0 Å². The maximum atomic E-state index is 16.6. The van der Waals surface area contributed by atoms with Gasteiger partial charge in [0.15, 0.2) is 11.7 Å². The molecule has 0 atom stereocenters. The number of halogens is 5. The van der Waals surface area contributed by atoms with E-state index in [1.165, 1.54) is 53.0 Å². The van der Waals surface area contributed by atoms with Crippen LogP contribution in [0.1, 0.15) is 92.2 Å². The average molecular weight is 1650 g/mol. The number of para-hydroxylation sites is 1. The van der Waals surface area contributed by atoms with Gasteiger partial charge >= 0.3 is 17.9 Å². The van der Waals surface area contributed by atoms with Gasteiger partial charge in [-0.15, -0.1) is 11.3 Å². The number of hydrogen-bond donors (Lipinski definition) is 2. The van der Waals surface area contributed by atoms with Crippen LogP contribution in [-0.4, -0.2) is 79.9 Å². The number of thiazole rings is 2. The van der Waals surface area contributed by atoms with E-state index in [9.17, 15) is 18.8 Å². The molecule has 2 N–H and O–H groups in total. The lowest BCUT2D eigenvalue weighted by Crippen LogP contribution is -2.14. The Morgan fingerprint density at radius 2 is 1.03 bits per heavy atom. The van der Waals surface area contributed by atoms with E-state index in [-0.39, 0.29) is 71.1 Å². The second-order valence-corrected chi connectivity index (χ2v) is 29.2. The average Bonchev–Trinajstić information content (AvgIpc) is 0.829. The zero-order valence-electron chi connectivity index (χ0n) is 65.5. The summed E-state index contributed by atoms with van der Waals surface area (Å²) in [6.07, 6.45) is 9.11. The number of nitrogens with zero attached hydrogens (tertiary/aromatic N) is 4. The molecule has 120 heavy (non-hydrogen) atoms. The number of benzene rings is 12. The molecule has 0 bridgehead atoms. The van der Waals surface area contributed by atoms with Crippen molar-refractivity contribution in [3.8, 4) is 84.9 Å². The molecule has 0 unspecified atom stereocenters. The maximum absolute atomic E-state index is 16.6. The van der Waals surface area contributed by atoms with Gasteiger partial charge in [-0.1, -0.05) is 196 Å². The van der Waals surface area contributed by atoms with Crippen molar-refractivity contribution in [2.45, 2.75) is 58.8 Å². The molecular weight excluding hydrogens is 1560 g/mol. The quantitative estimate of drug-likeness (QED) is 0.00457. The highest BCUT2D eigenvalue weighted by atomic mass is 32.1. The van der Waals surface area contributed by atoms with Crippen molar-refractivity contribution in [3.63, 3.8) is 0 Å². The summed E-state index contributed by atoms with van der Waals surface area (Å²) in [5.74, 6) is 2.79. The van der Waals surface area contributed by atoms with Crippen molar-refractivity contribution < 1.29 is 64.8 Å². The number of carbonyl (C=O) groups excluding carboxylic acids is 3. The van der Waals surface area contributed by atoms with Crippen LogP contribution in [0.15, 0.2) is 277 Å². The van der Waals surface area contributed by atoms with Gasteiger partial charge in [-0.3, -0.25) is 20.4 Å². The van der Waals surface area contributed by atoms with E-state index in [1.54, 1.807) is 104 Å². The third kappa shape index (κ3) is 22.6. The summed E-state index contributed by atoms with van der Waals surface area (Å²) >= 11 is 2.91. The minimum absolute atomic E-state index is 0.00883. The first kappa shape index (κ1) is 84.0. The number of rotatable bonds is 33. The monoisotopic (exact) mass is 1640 g/mol. The number of esters is 3. The SMILES string of the molecule is C=CC(=O)OCCC(=O)OCCOc1ccc(C#Cc2ccc3c(F)c(-c4ccc(-c5ccc(OCCCCC)cc5)cc4/C=N/Nc4nc5ccccc5s4)ccc3c2F)cc1.CCC(=O)OCCCCOc1ccc(/C(F)=C(\F)c2ccc(-c3ccc(-c4ccc(F)cc4/C=N/Nc4nc(-c5ccc6ccccc6c5)cs4)cc3)cc2)cc1. The van der Waals surface area contributed by atoms with E-state index in [2.05, 4.69) is 80.6 Å². The van der Waals surface area contributed by atoms with Crippen LogP contribution in [0.25, 0.3) is 99.2 Å². The Hall–Kier alpha value is -13.9. The van der Waals surface area contributed by atoms with E-state index in [0.717, 1.165) is 96.7 Å². The molecule has 0 amide bonds. The normalized spacial score (nSPS) is 11.4. The van der Waals surface area contributed by atoms with Crippen molar-refractivity contribution in [1.82, 2.24) is 9.97 Å². The van der Waals surface area contributed by atoms with Crippen LogP contribution in [0.2, 0.25) is 0 Å². The summed E-state index contributed by atoms with van der Waals surface area (Å²) in [6, 6.07) is 73.8.